The first kappa shape index (κ1) is 11.5. The van der Waals surface area contributed by atoms with Gasteiger partial charge in [0, 0.05) is 0 Å². The van der Waals surface area contributed by atoms with E-state index in [2.05, 4.69) is 13.0 Å². The molecule has 1 aliphatic carbocycles. The zero-order chi connectivity index (χ0) is 10.6. The van der Waals surface area contributed by atoms with Crippen LogP contribution in [0.1, 0.15) is 52.4 Å². The number of rotatable bonds is 3. The van der Waals surface area contributed by atoms with Crippen molar-refractivity contribution in [3.63, 3.8) is 0 Å². The largest absolute Gasteiger partial charge is 0.393 e. The average Bonchev–Trinajstić information content (AvgIpc) is 2.17. The first-order chi connectivity index (χ1) is 6.60. The summed E-state index contributed by atoms with van der Waals surface area (Å²) in [5.41, 5.74) is -0.144. The Hall–Kier alpha value is -0.550. The van der Waals surface area contributed by atoms with Gasteiger partial charge in [-0.3, -0.25) is 0 Å². The summed E-state index contributed by atoms with van der Waals surface area (Å²) in [5.74, 6) is 0.500. The molecule has 1 rings (SSSR count). The highest BCUT2D eigenvalue weighted by Crippen LogP contribution is 2.44. The number of aliphatic hydroxyl groups excluding tert-OH is 1. The second-order valence-corrected chi connectivity index (χ2v) is 4.80. The molecule has 0 aliphatic heterocycles. The molecule has 1 N–H and O–H groups in total. The van der Waals surface area contributed by atoms with Gasteiger partial charge in [-0.15, -0.1) is 0 Å². The fourth-order valence-electron chi connectivity index (χ4n) is 2.47. The number of aliphatic hydroxyl groups is 1. The Bertz CT molecular complexity index is 219. The molecule has 2 heteroatoms. The number of hydrogen-bond acceptors (Lipinski definition) is 2. The second-order valence-electron chi connectivity index (χ2n) is 4.80. The number of hydrogen-bond donors (Lipinski definition) is 1. The van der Waals surface area contributed by atoms with Crippen molar-refractivity contribution in [2.75, 3.05) is 0 Å². The molecule has 1 aliphatic rings. The van der Waals surface area contributed by atoms with Gasteiger partial charge < -0.3 is 5.11 Å². The highest BCUT2D eigenvalue weighted by molar-refractivity contribution is 5.03. The van der Waals surface area contributed by atoms with Crippen molar-refractivity contribution < 1.29 is 5.11 Å². The monoisotopic (exact) mass is 195 g/mol. The molecule has 0 spiro atoms. The lowest BCUT2D eigenvalue weighted by Gasteiger charge is -2.37. The quantitative estimate of drug-likeness (QED) is 0.752. The SMILES string of the molecule is CC(O)CCC1(C#N)CCCCC1C. The second kappa shape index (κ2) is 4.79. The molecule has 2 nitrogen and oxygen atoms in total. The van der Waals surface area contributed by atoms with E-state index in [1.807, 2.05) is 0 Å². The molecule has 0 saturated heterocycles. The zero-order valence-electron chi connectivity index (χ0n) is 9.29. The van der Waals surface area contributed by atoms with Gasteiger partial charge in [0.1, 0.15) is 0 Å². The lowest BCUT2D eigenvalue weighted by molar-refractivity contribution is 0.116. The summed E-state index contributed by atoms with van der Waals surface area (Å²) < 4.78 is 0. The molecule has 0 amide bonds. The third-order valence-electron chi connectivity index (χ3n) is 3.68. The summed E-state index contributed by atoms with van der Waals surface area (Å²) in [5, 5.41) is 18.6. The van der Waals surface area contributed by atoms with Gasteiger partial charge in [0.25, 0.3) is 0 Å². The predicted octanol–water partition coefficient (Wildman–Crippen LogP) is 2.87. The van der Waals surface area contributed by atoms with E-state index in [-0.39, 0.29) is 11.5 Å². The van der Waals surface area contributed by atoms with Crippen molar-refractivity contribution in [2.24, 2.45) is 11.3 Å². The standard InChI is InChI=1S/C12H21NO/c1-10-5-3-4-7-12(10,9-13)8-6-11(2)14/h10-11,14H,3-8H2,1-2H3. The summed E-state index contributed by atoms with van der Waals surface area (Å²) in [6, 6.07) is 2.51. The van der Waals surface area contributed by atoms with Crippen molar-refractivity contribution >= 4 is 0 Å². The summed E-state index contributed by atoms with van der Waals surface area (Å²) in [6.45, 7) is 3.99. The third kappa shape index (κ3) is 2.48. The van der Waals surface area contributed by atoms with Gasteiger partial charge in [-0.25, -0.2) is 0 Å². The maximum absolute atomic E-state index is 9.29. The van der Waals surface area contributed by atoms with Crippen LogP contribution in [0.4, 0.5) is 0 Å². The molecular formula is C12H21NO. The molecule has 80 valence electrons. The van der Waals surface area contributed by atoms with Gasteiger partial charge in [0.2, 0.25) is 0 Å². The van der Waals surface area contributed by atoms with Crippen LogP contribution in [0.5, 0.6) is 0 Å². The van der Waals surface area contributed by atoms with Crippen LogP contribution < -0.4 is 0 Å². The summed E-state index contributed by atoms with van der Waals surface area (Å²) in [7, 11) is 0. The Kier molecular flexibility index (Phi) is 3.95. The third-order valence-corrected chi connectivity index (χ3v) is 3.68. The molecule has 14 heavy (non-hydrogen) atoms. The molecule has 0 radical (unpaired) electrons. The number of nitriles is 1. The van der Waals surface area contributed by atoms with E-state index < -0.39 is 0 Å². The van der Waals surface area contributed by atoms with Crippen molar-refractivity contribution in [1.82, 2.24) is 0 Å². The molecule has 1 saturated carbocycles. The van der Waals surface area contributed by atoms with E-state index in [1.165, 1.54) is 19.3 Å². The van der Waals surface area contributed by atoms with E-state index >= 15 is 0 Å². The van der Waals surface area contributed by atoms with Crippen LogP contribution in [0.25, 0.3) is 0 Å². The molecule has 0 aromatic rings. The van der Waals surface area contributed by atoms with Crippen LogP contribution in [0.2, 0.25) is 0 Å². The Morgan fingerprint density at radius 2 is 2.29 bits per heavy atom. The minimum atomic E-state index is -0.269. The molecular weight excluding hydrogens is 174 g/mol. The first-order valence-electron chi connectivity index (χ1n) is 5.70. The highest BCUT2D eigenvalue weighted by Gasteiger charge is 2.37. The average molecular weight is 195 g/mol. The maximum Gasteiger partial charge on any atom is 0.0692 e. The highest BCUT2D eigenvalue weighted by atomic mass is 16.3. The Labute approximate surface area is 86.9 Å². The van der Waals surface area contributed by atoms with Gasteiger partial charge in [0.15, 0.2) is 0 Å². The van der Waals surface area contributed by atoms with Crippen molar-refractivity contribution in [3.05, 3.63) is 0 Å². The van der Waals surface area contributed by atoms with Crippen LogP contribution in [0.15, 0.2) is 0 Å². The van der Waals surface area contributed by atoms with Crippen LogP contribution in [0.3, 0.4) is 0 Å². The van der Waals surface area contributed by atoms with E-state index in [0.717, 1.165) is 19.3 Å². The van der Waals surface area contributed by atoms with Crippen molar-refractivity contribution in [2.45, 2.75) is 58.5 Å². The van der Waals surface area contributed by atoms with Crippen molar-refractivity contribution in [3.8, 4) is 6.07 Å². The summed E-state index contributed by atoms with van der Waals surface area (Å²) >= 11 is 0. The van der Waals surface area contributed by atoms with Gasteiger partial charge in [-0.2, -0.15) is 5.26 Å². The molecule has 0 bridgehead atoms. The molecule has 3 unspecified atom stereocenters. The summed E-state index contributed by atoms with van der Waals surface area (Å²) in [4.78, 5) is 0. The van der Waals surface area contributed by atoms with E-state index in [0.29, 0.717) is 5.92 Å². The van der Waals surface area contributed by atoms with Crippen LogP contribution in [-0.2, 0) is 0 Å². The zero-order valence-corrected chi connectivity index (χ0v) is 9.29. The predicted molar refractivity (Wildman–Crippen MR) is 56.6 cm³/mol. The Morgan fingerprint density at radius 3 is 2.79 bits per heavy atom. The van der Waals surface area contributed by atoms with E-state index in [4.69, 9.17) is 0 Å². The fraction of sp³-hybridized carbons (Fsp3) is 0.917. The molecule has 0 aromatic heterocycles. The van der Waals surface area contributed by atoms with Gasteiger partial charge in [0.05, 0.1) is 17.6 Å². The molecule has 3 atom stereocenters. The molecule has 1 fully saturated rings. The van der Waals surface area contributed by atoms with Crippen LogP contribution in [0, 0.1) is 22.7 Å². The Balaban J connectivity index is 2.60. The fourth-order valence-corrected chi connectivity index (χ4v) is 2.47. The topological polar surface area (TPSA) is 44.0 Å². The lowest BCUT2D eigenvalue weighted by Crippen LogP contribution is -2.31. The number of nitrogens with zero attached hydrogens (tertiary/aromatic N) is 1. The van der Waals surface area contributed by atoms with E-state index in [1.54, 1.807) is 6.92 Å². The molecule has 0 heterocycles. The summed E-state index contributed by atoms with van der Waals surface area (Å²) in [6.07, 6.45) is 6.00. The normalized spacial score (nSPS) is 34.9. The van der Waals surface area contributed by atoms with Crippen molar-refractivity contribution in [1.29, 1.82) is 5.26 Å². The Morgan fingerprint density at radius 1 is 1.57 bits per heavy atom. The van der Waals surface area contributed by atoms with Gasteiger partial charge >= 0.3 is 0 Å². The molecule has 0 aromatic carbocycles. The van der Waals surface area contributed by atoms with Gasteiger partial charge in [-0.1, -0.05) is 19.8 Å². The van der Waals surface area contributed by atoms with Crippen LogP contribution in [-0.4, -0.2) is 11.2 Å². The minimum absolute atomic E-state index is 0.144. The van der Waals surface area contributed by atoms with Gasteiger partial charge in [-0.05, 0) is 38.5 Å². The minimum Gasteiger partial charge on any atom is -0.393 e. The van der Waals surface area contributed by atoms with Crippen LogP contribution >= 0.6 is 0 Å². The smallest absolute Gasteiger partial charge is 0.0692 e. The maximum atomic E-state index is 9.29. The van der Waals surface area contributed by atoms with E-state index in [9.17, 15) is 10.4 Å². The lowest BCUT2D eigenvalue weighted by atomic mass is 9.65. The first-order valence-corrected chi connectivity index (χ1v) is 5.70.